The number of methoxy groups -OCH3 is 5. The van der Waals surface area contributed by atoms with Gasteiger partial charge in [0, 0.05) is 30.4 Å². The molecule has 2 aromatic carbocycles. The molecular weight excluding hydrogens is 584 g/mol. The maximum Gasteiger partial charge on any atom is 0.146 e. The summed E-state index contributed by atoms with van der Waals surface area (Å²) in [5.74, 6) is 2.60. The SMILES string of the molecule is COC1=CC(=N)C=CC1=Nc1ccc(N=C2C=CC(=Nc3ccc(N=C4C=CC(=N)C=C4OC)cc3OC)C(OC)=C2)c(OC)c1. The van der Waals surface area contributed by atoms with Crippen LogP contribution in [0.3, 0.4) is 0 Å². The van der Waals surface area contributed by atoms with Crippen molar-refractivity contribution in [1.82, 2.24) is 0 Å². The smallest absolute Gasteiger partial charge is 0.146 e. The average Bonchev–Trinajstić information content (AvgIpc) is 3.08. The molecule has 0 bridgehead atoms. The van der Waals surface area contributed by atoms with Crippen molar-refractivity contribution in [2.24, 2.45) is 20.0 Å². The van der Waals surface area contributed by atoms with E-state index in [-0.39, 0.29) is 0 Å². The Morgan fingerprint density at radius 2 is 0.891 bits per heavy atom. The number of aliphatic imine (C=N–C) groups is 4. The summed E-state index contributed by atoms with van der Waals surface area (Å²) in [6.45, 7) is 0. The standard InChI is InChI=1S/C35H32N6O5/c1-42-31-16-21(36)6-11-26(31)38-23-8-13-28(33(18-23)44-3)40-25-10-15-30(35(20-25)46-5)41-29-14-9-24(19-34(29)45-4)39-27-12-7-22(37)17-32(27)43-2/h6-20,36-37H,1-5H3. The van der Waals surface area contributed by atoms with E-state index in [1.54, 1.807) is 90.2 Å². The summed E-state index contributed by atoms with van der Waals surface area (Å²) in [5, 5.41) is 15.6. The second kappa shape index (κ2) is 14.1. The van der Waals surface area contributed by atoms with E-state index >= 15 is 0 Å². The van der Waals surface area contributed by atoms with Crippen LogP contribution < -0.4 is 9.47 Å². The normalized spacial score (nSPS) is 19.4. The number of hydrogen-bond donors (Lipinski definition) is 2. The Morgan fingerprint density at radius 3 is 1.37 bits per heavy atom. The third kappa shape index (κ3) is 7.16. The molecule has 0 saturated heterocycles. The van der Waals surface area contributed by atoms with Crippen LogP contribution in [0, 0.1) is 10.8 Å². The highest BCUT2D eigenvalue weighted by Gasteiger charge is 2.16. The lowest BCUT2D eigenvalue weighted by molar-refractivity contribution is 0.315. The second-order valence-electron chi connectivity index (χ2n) is 9.79. The van der Waals surface area contributed by atoms with Gasteiger partial charge in [-0.05, 0) is 60.7 Å². The van der Waals surface area contributed by atoms with Gasteiger partial charge >= 0.3 is 0 Å². The molecule has 3 aliphatic rings. The third-order valence-electron chi connectivity index (χ3n) is 6.84. The van der Waals surface area contributed by atoms with Crippen molar-refractivity contribution in [3.63, 3.8) is 0 Å². The lowest BCUT2D eigenvalue weighted by atomic mass is 10.1. The maximum absolute atomic E-state index is 7.81. The van der Waals surface area contributed by atoms with E-state index in [9.17, 15) is 0 Å². The fourth-order valence-electron chi connectivity index (χ4n) is 4.57. The Balaban J connectivity index is 1.39. The quantitative estimate of drug-likeness (QED) is 0.291. The number of nitrogens with one attached hydrogen (secondary N) is 2. The Labute approximate surface area is 266 Å². The van der Waals surface area contributed by atoms with E-state index in [0.717, 1.165) is 0 Å². The number of nitrogens with zero attached hydrogens (tertiary/aromatic N) is 4. The Kier molecular flexibility index (Phi) is 9.62. The molecule has 11 heteroatoms. The predicted molar refractivity (Wildman–Crippen MR) is 183 cm³/mol. The summed E-state index contributed by atoms with van der Waals surface area (Å²) in [6.07, 6.45) is 15.5. The van der Waals surface area contributed by atoms with Gasteiger partial charge in [-0.2, -0.15) is 0 Å². The summed E-state index contributed by atoms with van der Waals surface area (Å²) >= 11 is 0. The third-order valence-corrected chi connectivity index (χ3v) is 6.84. The van der Waals surface area contributed by atoms with Gasteiger partial charge in [0.25, 0.3) is 0 Å². The van der Waals surface area contributed by atoms with E-state index in [0.29, 0.717) is 85.8 Å². The molecular formula is C35H32N6O5. The fourth-order valence-corrected chi connectivity index (χ4v) is 4.57. The first-order valence-corrected chi connectivity index (χ1v) is 14.0. The molecule has 46 heavy (non-hydrogen) atoms. The molecule has 5 rings (SSSR count). The molecule has 0 aliphatic heterocycles. The van der Waals surface area contributed by atoms with E-state index < -0.39 is 0 Å². The van der Waals surface area contributed by atoms with Crippen LogP contribution in [0.15, 0.2) is 128 Å². The van der Waals surface area contributed by atoms with Crippen LogP contribution in [-0.2, 0) is 14.2 Å². The zero-order chi connectivity index (χ0) is 32.6. The van der Waals surface area contributed by atoms with Gasteiger partial charge in [0.2, 0.25) is 0 Å². The van der Waals surface area contributed by atoms with E-state index in [4.69, 9.17) is 44.5 Å². The van der Waals surface area contributed by atoms with Crippen LogP contribution >= 0.6 is 0 Å². The molecule has 3 aliphatic carbocycles. The van der Waals surface area contributed by atoms with E-state index in [1.807, 2.05) is 36.4 Å². The number of allylic oxidation sites excluding steroid dienone is 9. The van der Waals surface area contributed by atoms with Gasteiger partial charge in [-0.1, -0.05) is 0 Å². The molecule has 0 aromatic heterocycles. The van der Waals surface area contributed by atoms with Crippen molar-refractivity contribution in [2.75, 3.05) is 35.5 Å². The molecule has 0 fully saturated rings. The van der Waals surface area contributed by atoms with Crippen molar-refractivity contribution in [3.8, 4) is 11.5 Å². The largest absolute Gasteiger partial charge is 0.494 e. The molecule has 0 atom stereocenters. The molecule has 2 N–H and O–H groups in total. The van der Waals surface area contributed by atoms with Crippen LogP contribution in [0.2, 0.25) is 0 Å². The first-order chi connectivity index (χ1) is 22.3. The topological polar surface area (TPSA) is 143 Å². The number of benzene rings is 2. The Hall–Kier alpha value is -6.10. The predicted octanol–water partition coefficient (Wildman–Crippen LogP) is 7.03. The van der Waals surface area contributed by atoms with Crippen molar-refractivity contribution < 1.29 is 23.7 Å². The molecule has 232 valence electrons. The highest BCUT2D eigenvalue weighted by atomic mass is 16.5. The minimum Gasteiger partial charge on any atom is -0.494 e. The minimum atomic E-state index is 0.341. The molecule has 0 spiro atoms. The molecule has 11 nitrogen and oxygen atoms in total. The Morgan fingerprint density at radius 1 is 0.457 bits per heavy atom. The van der Waals surface area contributed by atoms with Crippen LogP contribution in [0.5, 0.6) is 11.5 Å². The van der Waals surface area contributed by atoms with Gasteiger partial charge in [0.15, 0.2) is 0 Å². The summed E-state index contributed by atoms with van der Waals surface area (Å²) in [6, 6.07) is 10.9. The lowest BCUT2D eigenvalue weighted by Crippen LogP contribution is -2.10. The molecule has 0 heterocycles. The second-order valence-corrected chi connectivity index (χ2v) is 9.79. The molecule has 0 amide bonds. The van der Waals surface area contributed by atoms with Gasteiger partial charge in [-0.25, -0.2) is 20.0 Å². The molecule has 2 aromatic rings. The summed E-state index contributed by atoms with van der Waals surface area (Å²) in [4.78, 5) is 18.9. The summed E-state index contributed by atoms with van der Waals surface area (Å²) < 4.78 is 27.7. The first kappa shape index (κ1) is 31.3. The number of hydrogen-bond acceptors (Lipinski definition) is 11. The van der Waals surface area contributed by atoms with Gasteiger partial charge in [-0.15, -0.1) is 0 Å². The minimum absolute atomic E-state index is 0.341. The lowest BCUT2D eigenvalue weighted by Gasteiger charge is -2.14. The van der Waals surface area contributed by atoms with Gasteiger partial charge in [0.05, 0.1) is 64.1 Å². The van der Waals surface area contributed by atoms with Crippen LogP contribution in [0.4, 0.5) is 22.7 Å². The maximum atomic E-state index is 7.81. The van der Waals surface area contributed by atoms with Gasteiger partial charge in [0.1, 0.15) is 57.3 Å². The average molecular weight is 617 g/mol. The number of rotatable bonds is 9. The van der Waals surface area contributed by atoms with Gasteiger partial charge in [-0.3, -0.25) is 0 Å². The monoisotopic (exact) mass is 616 g/mol. The fraction of sp³-hybridized carbons (Fsp3) is 0.143. The zero-order valence-corrected chi connectivity index (χ0v) is 26.0. The Bertz CT molecular complexity index is 1900. The van der Waals surface area contributed by atoms with Crippen molar-refractivity contribution in [3.05, 3.63) is 108 Å². The van der Waals surface area contributed by atoms with Crippen LogP contribution in [-0.4, -0.2) is 69.8 Å². The molecule has 0 radical (unpaired) electrons. The van der Waals surface area contributed by atoms with E-state index in [2.05, 4.69) is 9.98 Å². The highest BCUT2D eigenvalue weighted by Crippen LogP contribution is 2.35. The first-order valence-electron chi connectivity index (χ1n) is 14.0. The van der Waals surface area contributed by atoms with Crippen molar-refractivity contribution in [2.45, 2.75) is 0 Å². The van der Waals surface area contributed by atoms with E-state index in [1.165, 1.54) is 0 Å². The van der Waals surface area contributed by atoms with Crippen LogP contribution in [0.25, 0.3) is 0 Å². The highest BCUT2D eigenvalue weighted by molar-refractivity contribution is 6.22. The molecule has 0 saturated carbocycles. The zero-order valence-electron chi connectivity index (χ0n) is 26.0. The number of ether oxygens (including phenoxy) is 5. The summed E-state index contributed by atoms with van der Waals surface area (Å²) in [5.41, 5.74) is 5.61. The van der Waals surface area contributed by atoms with Crippen molar-refractivity contribution >= 4 is 57.0 Å². The van der Waals surface area contributed by atoms with Gasteiger partial charge < -0.3 is 34.5 Å². The molecule has 0 unspecified atom stereocenters. The van der Waals surface area contributed by atoms with Crippen molar-refractivity contribution in [1.29, 1.82) is 10.8 Å². The summed E-state index contributed by atoms with van der Waals surface area (Å²) in [7, 11) is 7.82. The van der Waals surface area contributed by atoms with Crippen LogP contribution in [0.1, 0.15) is 0 Å².